The average Bonchev–Trinajstić information content (AvgIpc) is 2.47. The standard InChI is InChI=1S/C14H17N3O/c15-10-12-2-1-11-9-13(3-4-14(11)16-12)17-5-7-18-8-6-17/h1-4,9H,5-8,10,15H2. The fourth-order valence-electron chi connectivity index (χ4n) is 2.29. The molecule has 2 heterocycles. The topological polar surface area (TPSA) is 51.4 Å². The summed E-state index contributed by atoms with van der Waals surface area (Å²) in [6, 6.07) is 10.5. The number of nitrogens with zero attached hydrogens (tertiary/aromatic N) is 2. The van der Waals surface area contributed by atoms with Gasteiger partial charge in [-0.05, 0) is 24.3 Å². The Balaban J connectivity index is 1.95. The number of hydrogen-bond acceptors (Lipinski definition) is 4. The lowest BCUT2D eigenvalue weighted by molar-refractivity contribution is 0.122. The van der Waals surface area contributed by atoms with Crippen LogP contribution in [0.5, 0.6) is 0 Å². The molecule has 0 amide bonds. The highest BCUT2D eigenvalue weighted by Gasteiger charge is 2.11. The fourth-order valence-corrected chi connectivity index (χ4v) is 2.29. The highest BCUT2D eigenvalue weighted by atomic mass is 16.5. The number of rotatable bonds is 2. The van der Waals surface area contributed by atoms with Crippen LogP contribution >= 0.6 is 0 Å². The predicted octanol–water partition coefficient (Wildman–Crippen LogP) is 1.53. The van der Waals surface area contributed by atoms with Crippen LogP contribution in [0.25, 0.3) is 10.9 Å². The van der Waals surface area contributed by atoms with Gasteiger partial charge in [0.05, 0.1) is 24.4 Å². The zero-order chi connectivity index (χ0) is 12.4. The van der Waals surface area contributed by atoms with E-state index in [2.05, 4.69) is 34.1 Å². The maximum absolute atomic E-state index is 5.60. The Morgan fingerprint density at radius 2 is 2.00 bits per heavy atom. The van der Waals surface area contributed by atoms with Gasteiger partial charge >= 0.3 is 0 Å². The van der Waals surface area contributed by atoms with Crippen molar-refractivity contribution in [3.05, 3.63) is 36.0 Å². The third-order valence-corrected chi connectivity index (χ3v) is 3.32. The molecule has 0 aliphatic carbocycles. The molecule has 4 heteroatoms. The minimum Gasteiger partial charge on any atom is -0.378 e. The first-order valence-electron chi connectivity index (χ1n) is 6.29. The van der Waals surface area contributed by atoms with E-state index in [1.807, 2.05) is 6.07 Å². The number of pyridine rings is 1. The van der Waals surface area contributed by atoms with Gasteiger partial charge in [0.15, 0.2) is 0 Å². The van der Waals surface area contributed by atoms with Crippen molar-refractivity contribution in [2.75, 3.05) is 31.2 Å². The van der Waals surface area contributed by atoms with E-state index < -0.39 is 0 Å². The predicted molar refractivity (Wildman–Crippen MR) is 72.7 cm³/mol. The first kappa shape index (κ1) is 11.4. The molecule has 94 valence electrons. The van der Waals surface area contributed by atoms with Gasteiger partial charge < -0.3 is 15.4 Å². The molecule has 0 atom stereocenters. The molecule has 2 aromatic rings. The molecular formula is C14H17N3O. The van der Waals surface area contributed by atoms with E-state index in [9.17, 15) is 0 Å². The quantitative estimate of drug-likeness (QED) is 0.869. The van der Waals surface area contributed by atoms with E-state index in [0.717, 1.165) is 42.9 Å². The van der Waals surface area contributed by atoms with Crippen LogP contribution in [0.2, 0.25) is 0 Å². The molecule has 3 rings (SSSR count). The van der Waals surface area contributed by atoms with Gasteiger partial charge in [-0.1, -0.05) is 6.07 Å². The van der Waals surface area contributed by atoms with Crippen molar-refractivity contribution in [1.82, 2.24) is 4.98 Å². The molecule has 18 heavy (non-hydrogen) atoms. The molecule has 0 saturated carbocycles. The minimum absolute atomic E-state index is 0.487. The third-order valence-electron chi connectivity index (χ3n) is 3.32. The smallest absolute Gasteiger partial charge is 0.0707 e. The van der Waals surface area contributed by atoms with Crippen molar-refractivity contribution in [2.24, 2.45) is 5.73 Å². The first-order chi connectivity index (χ1) is 8.86. The Labute approximate surface area is 106 Å². The third kappa shape index (κ3) is 2.17. The van der Waals surface area contributed by atoms with E-state index in [-0.39, 0.29) is 0 Å². The molecule has 4 nitrogen and oxygen atoms in total. The number of fused-ring (bicyclic) bond motifs is 1. The highest BCUT2D eigenvalue weighted by Crippen LogP contribution is 2.22. The van der Waals surface area contributed by atoms with Gasteiger partial charge in [-0.25, -0.2) is 0 Å². The summed E-state index contributed by atoms with van der Waals surface area (Å²) >= 11 is 0. The summed E-state index contributed by atoms with van der Waals surface area (Å²) in [6.07, 6.45) is 0. The van der Waals surface area contributed by atoms with Gasteiger partial charge in [-0.2, -0.15) is 0 Å². The molecule has 1 aromatic heterocycles. The molecule has 0 radical (unpaired) electrons. The lowest BCUT2D eigenvalue weighted by Gasteiger charge is -2.29. The molecule has 0 unspecified atom stereocenters. The van der Waals surface area contributed by atoms with Gasteiger partial charge in [-0.3, -0.25) is 4.98 Å². The summed E-state index contributed by atoms with van der Waals surface area (Å²) in [4.78, 5) is 6.86. The average molecular weight is 243 g/mol. The highest BCUT2D eigenvalue weighted by molar-refractivity contribution is 5.82. The van der Waals surface area contributed by atoms with Gasteiger partial charge in [0.2, 0.25) is 0 Å². The number of morpholine rings is 1. The summed E-state index contributed by atoms with van der Waals surface area (Å²) in [5.41, 5.74) is 8.79. The Bertz CT molecular complexity index is 550. The summed E-state index contributed by atoms with van der Waals surface area (Å²) in [7, 11) is 0. The molecule has 1 aliphatic heterocycles. The zero-order valence-electron chi connectivity index (χ0n) is 10.3. The van der Waals surface area contributed by atoms with Gasteiger partial charge in [0.1, 0.15) is 0 Å². The second-order valence-corrected chi connectivity index (χ2v) is 4.48. The van der Waals surface area contributed by atoms with E-state index >= 15 is 0 Å². The Morgan fingerprint density at radius 1 is 1.17 bits per heavy atom. The monoisotopic (exact) mass is 243 g/mol. The second kappa shape index (κ2) is 4.92. The van der Waals surface area contributed by atoms with Crippen LogP contribution in [0.1, 0.15) is 5.69 Å². The summed E-state index contributed by atoms with van der Waals surface area (Å²) in [5, 5.41) is 1.16. The molecule has 1 aliphatic rings. The van der Waals surface area contributed by atoms with Crippen LogP contribution in [0.15, 0.2) is 30.3 Å². The van der Waals surface area contributed by atoms with Crippen LogP contribution in [0.4, 0.5) is 5.69 Å². The second-order valence-electron chi connectivity index (χ2n) is 4.48. The van der Waals surface area contributed by atoms with Crippen molar-refractivity contribution in [3.63, 3.8) is 0 Å². The Kier molecular flexibility index (Phi) is 3.13. The maximum Gasteiger partial charge on any atom is 0.0707 e. The van der Waals surface area contributed by atoms with E-state index in [0.29, 0.717) is 6.54 Å². The van der Waals surface area contributed by atoms with Crippen molar-refractivity contribution >= 4 is 16.6 Å². The van der Waals surface area contributed by atoms with Crippen LogP contribution < -0.4 is 10.6 Å². The minimum atomic E-state index is 0.487. The number of anilines is 1. The lowest BCUT2D eigenvalue weighted by atomic mass is 10.1. The van der Waals surface area contributed by atoms with Gasteiger partial charge in [-0.15, -0.1) is 0 Å². The lowest BCUT2D eigenvalue weighted by Crippen LogP contribution is -2.36. The van der Waals surface area contributed by atoms with Crippen molar-refractivity contribution in [2.45, 2.75) is 6.54 Å². The molecule has 1 saturated heterocycles. The van der Waals surface area contributed by atoms with Crippen molar-refractivity contribution in [1.29, 1.82) is 0 Å². The first-order valence-corrected chi connectivity index (χ1v) is 6.29. The largest absolute Gasteiger partial charge is 0.378 e. The number of benzene rings is 1. The van der Waals surface area contributed by atoms with Gasteiger partial charge in [0.25, 0.3) is 0 Å². The SMILES string of the molecule is NCc1ccc2cc(N3CCOCC3)ccc2n1. The van der Waals surface area contributed by atoms with Crippen LogP contribution in [-0.2, 0) is 11.3 Å². The normalized spacial score (nSPS) is 16.2. The number of hydrogen-bond donors (Lipinski definition) is 1. The molecule has 1 aromatic carbocycles. The molecular weight excluding hydrogens is 226 g/mol. The van der Waals surface area contributed by atoms with Crippen LogP contribution in [0, 0.1) is 0 Å². The summed E-state index contributed by atoms with van der Waals surface area (Å²) < 4.78 is 5.37. The molecule has 1 fully saturated rings. The van der Waals surface area contributed by atoms with Crippen LogP contribution in [0.3, 0.4) is 0 Å². The summed E-state index contributed by atoms with van der Waals surface area (Å²) in [6.45, 7) is 4.02. The Hall–Kier alpha value is -1.65. The van der Waals surface area contributed by atoms with E-state index in [1.54, 1.807) is 0 Å². The Morgan fingerprint density at radius 3 is 2.78 bits per heavy atom. The number of ether oxygens (including phenoxy) is 1. The van der Waals surface area contributed by atoms with Gasteiger partial charge in [0, 0.05) is 30.7 Å². The van der Waals surface area contributed by atoms with Crippen LogP contribution in [-0.4, -0.2) is 31.3 Å². The molecule has 2 N–H and O–H groups in total. The molecule has 0 bridgehead atoms. The van der Waals surface area contributed by atoms with Crippen molar-refractivity contribution < 1.29 is 4.74 Å². The van der Waals surface area contributed by atoms with E-state index in [4.69, 9.17) is 10.5 Å². The maximum atomic E-state index is 5.60. The number of aromatic nitrogens is 1. The van der Waals surface area contributed by atoms with E-state index in [1.165, 1.54) is 5.69 Å². The van der Waals surface area contributed by atoms with Crippen molar-refractivity contribution in [3.8, 4) is 0 Å². The number of nitrogens with two attached hydrogens (primary N) is 1. The zero-order valence-corrected chi connectivity index (χ0v) is 10.3. The fraction of sp³-hybridized carbons (Fsp3) is 0.357. The summed E-state index contributed by atoms with van der Waals surface area (Å²) in [5.74, 6) is 0. The molecule has 0 spiro atoms.